The maximum Gasteiger partial charge on any atom is 0.330 e. The lowest BCUT2D eigenvalue weighted by Crippen LogP contribution is -2.33. The Bertz CT molecular complexity index is 697. The zero-order chi connectivity index (χ0) is 15.6. The molecule has 1 aromatic carbocycles. The van der Waals surface area contributed by atoms with Crippen LogP contribution in [0.3, 0.4) is 0 Å². The van der Waals surface area contributed by atoms with Crippen molar-refractivity contribution in [1.29, 1.82) is 0 Å². The lowest BCUT2D eigenvalue weighted by Gasteiger charge is -2.15. The molecule has 1 atom stereocenters. The molecular weight excluding hydrogens is 290 g/mol. The van der Waals surface area contributed by atoms with E-state index >= 15 is 0 Å². The van der Waals surface area contributed by atoms with Crippen molar-refractivity contribution in [2.24, 2.45) is 0 Å². The molecule has 1 unspecified atom stereocenters. The molecule has 6 nitrogen and oxygen atoms in total. The van der Waals surface area contributed by atoms with Gasteiger partial charge >= 0.3 is 5.97 Å². The highest BCUT2D eigenvalue weighted by molar-refractivity contribution is 7.08. The SMILES string of the molecule is Cc1ccc(C(NC(=O)c2snnc2C)C(=O)O)cc1C. The van der Waals surface area contributed by atoms with Gasteiger partial charge in [0.15, 0.2) is 6.04 Å². The number of hydrogen-bond donors (Lipinski definition) is 2. The standard InChI is InChI=1S/C14H15N3O3S/c1-7-4-5-10(6-8(7)2)11(14(19)20)15-13(18)12-9(3)16-17-21-12/h4-6,11H,1-3H3,(H,15,18)(H,19,20). The number of benzene rings is 1. The summed E-state index contributed by atoms with van der Waals surface area (Å²) >= 11 is 0.946. The van der Waals surface area contributed by atoms with Crippen LogP contribution >= 0.6 is 11.5 Å². The zero-order valence-corrected chi connectivity index (χ0v) is 12.7. The Hall–Kier alpha value is -2.28. The molecule has 21 heavy (non-hydrogen) atoms. The summed E-state index contributed by atoms with van der Waals surface area (Å²) < 4.78 is 3.68. The second-order valence-electron chi connectivity index (χ2n) is 4.78. The first-order chi connectivity index (χ1) is 9.90. The van der Waals surface area contributed by atoms with Crippen LogP contribution in [0.2, 0.25) is 0 Å². The molecule has 2 aromatic rings. The van der Waals surface area contributed by atoms with Crippen LogP contribution in [0.15, 0.2) is 18.2 Å². The van der Waals surface area contributed by atoms with Crippen molar-refractivity contribution in [3.8, 4) is 0 Å². The van der Waals surface area contributed by atoms with E-state index in [9.17, 15) is 14.7 Å². The van der Waals surface area contributed by atoms with E-state index in [1.54, 1.807) is 19.1 Å². The number of amides is 1. The third-order valence-corrected chi connectivity index (χ3v) is 4.07. The molecule has 0 fully saturated rings. The van der Waals surface area contributed by atoms with Crippen molar-refractivity contribution in [3.63, 3.8) is 0 Å². The van der Waals surface area contributed by atoms with E-state index in [-0.39, 0.29) is 0 Å². The number of nitrogens with zero attached hydrogens (tertiary/aromatic N) is 2. The third-order valence-electron chi connectivity index (χ3n) is 3.24. The van der Waals surface area contributed by atoms with E-state index in [1.165, 1.54) is 0 Å². The minimum absolute atomic E-state index is 0.324. The molecule has 0 spiro atoms. The molecule has 110 valence electrons. The van der Waals surface area contributed by atoms with Gasteiger partial charge < -0.3 is 10.4 Å². The number of carboxylic acid groups (broad SMARTS) is 1. The Labute approximate surface area is 126 Å². The Balaban J connectivity index is 2.28. The maximum atomic E-state index is 12.1. The fourth-order valence-electron chi connectivity index (χ4n) is 1.87. The summed E-state index contributed by atoms with van der Waals surface area (Å²) in [6, 6.07) is 4.22. The van der Waals surface area contributed by atoms with Gasteiger partial charge in [-0.3, -0.25) is 4.79 Å². The van der Waals surface area contributed by atoms with Gasteiger partial charge in [0, 0.05) is 0 Å². The van der Waals surface area contributed by atoms with Crippen LogP contribution in [0, 0.1) is 20.8 Å². The highest BCUT2D eigenvalue weighted by atomic mass is 32.1. The number of carbonyl (C=O) groups excluding carboxylic acids is 1. The second kappa shape index (κ2) is 6.01. The van der Waals surface area contributed by atoms with Gasteiger partial charge in [-0.25, -0.2) is 4.79 Å². The monoisotopic (exact) mass is 305 g/mol. The van der Waals surface area contributed by atoms with Crippen LogP contribution < -0.4 is 5.32 Å². The van der Waals surface area contributed by atoms with Crippen molar-refractivity contribution < 1.29 is 14.7 Å². The summed E-state index contributed by atoms with van der Waals surface area (Å²) in [5.74, 6) is -1.59. The number of aromatic nitrogens is 2. The average Bonchev–Trinajstić information content (AvgIpc) is 2.85. The fraction of sp³-hybridized carbons (Fsp3) is 0.286. The van der Waals surface area contributed by atoms with Gasteiger partial charge in [0.05, 0.1) is 5.69 Å². The Morgan fingerprint density at radius 1 is 1.24 bits per heavy atom. The Morgan fingerprint density at radius 3 is 2.48 bits per heavy atom. The van der Waals surface area contributed by atoms with Gasteiger partial charge in [-0.05, 0) is 49.0 Å². The number of carbonyl (C=O) groups is 2. The van der Waals surface area contributed by atoms with E-state index in [2.05, 4.69) is 14.9 Å². The summed E-state index contributed by atoms with van der Waals surface area (Å²) in [4.78, 5) is 23.9. The van der Waals surface area contributed by atoms with E-state index in [4.69, 9.17) is 0 Å². The Kier molecular flexibility index (Phi) is 4.32. The molecule has 2 rings (SSSR count). The van der Waals surface area contributed by atoms with E-state index in [0.29, 0.717) is 16.1 Å². The van der Waals surface area contributed by atoms with E-state index in [1.807, 2.05) is 19.9 Å². The van der Waals surface area contributed by atoms with Gasteiger partial charge in [-0.15, -0.1) is 5.10 Å². The molecule has 0 bridgehead atoms. The Morgan fingerprint density at radius 2 is 1.95 bits per heavy atom. The molecule has 0 aliphatic carbocycles. The summed E-state index contributed by atoms with van der Waals surface area (Å²) in [6.45, 7) is 5.50. The molecule has 0 radical (unpaired) electrons. The van der Waals surface area contributed by atoms with E-state index in [0.717, 1.165) is 22.7 Å². The lowest BCUT2D eigenvalue weighted by atomic mass is 10.0. The largest absolute Gasteiger partial charge is 0.479 e. The maximum absolute atomic E-state index is 12.1. The van der Waals surface area contributed by atoms with E-state index < -0.39 is 17.9 Å². The minimum Gasteiger partial charge on any atom is -0.479 e. The fourth-order valence-corrected chi connectivity index (χ4v) is 2.43. The average molecular weight is 305 g/mol. The number of nitrogens with one attached hydrogen (secondary N) is 1. The first-order valence-electron chi connectivity index (χ1n) is 6.30. The molecular formula is C14H15N3O3S. The van der Waals surface area contributed by atoms with Gasteiger partial charge in [-0.2, -0.15) is 0 Å². The van der Waals surface area contributed by atoms with Crippen LogP contribution in [0.25, 0.3) is 0 Å². The van der Waals surface area contributed by atoms with Gasteiger partial charge in [0.1, 0.15) is 4.88 Å². The lowest BCUT2D eigenvalue weighted by molar-refractivity contribution is -0.139. The predicted molar refractivity (Wildman–Crippen MR) is 78.4 cm³/mol. The topological polar surface area (TPSA) is 92.2 Å². The number of hydrogen-bond acceptors (Lipinski definition) is 5. The molecule has 2 N–H and O–H groups in total. The first kappa shape index (κ1) is 15.1. The molecule has 0 saturated heterocycles. The highest BCUT2D eigenvalue weighted by Gasteiger charge is 2.24. The highest BCUT2D eigenvalue weighted by Crippen LogP contribution is 2.19. The molecule has 7 heteroatoms. The van der Waals surface area contributed by atoms with Crippen molar-refractivity contribution in [2.75, 3.05) is 0 Å². The predicted octanol–water partition coefficient (Wildman–Crippen LogP) is 2.02. The van der Waals surface area contributed by atoms with Crippen molar-refractivity contribution in [1.82, 2.24) is 14.9 Å². The smallest absolute Gasteiger partial charge is 0.330 e. The normalized spacial score (nSPS) is 12.0. The third kappa shape index (κ3) is 3.25. The molecule has 1 heterocycles. The van der Waals surface area contributed by atoms with Crippen molar-refractivity contribution in [3.05, 3.63) is 45.5 Å². The number of aryl methyl sites for hydroxylation is 3. The van der Waals surface area contributed by atoms with Crippen LogP contribution in [-0.4, -0.2) is 26.6 Å². The quantitative estimate of drug-likeness (QED) is 0.901. The summed E-state index contributed by atoms with van der Waals surface area (Å²) in [7, 11) is 0. The number of rotatable bonds is 4. The van der Waals surface area contributed by atoms with Crippen molar-refractivity contribution >= 4 is 23.4 Å². The van der Waals surface area contributed by atoms with Crippen LogP contribution in [-0.2, 0) is 4.79 Å². The minimum atomic E-state index is -1.11. The summed E-state index contributed by atoms with van der Waals surface area (Å²) in [6.07, 6.45) is 0. The van der Waals surface area contributed by atoms with Crippen molar-refractivity contribution in [2.45, 2.75) is 26.8 Å². The molecule has 0 aliphatic rings. The van der Waals surface area contributed by atoms with Crippen LogP contribution in [0.5, 0.6) is 0 Å². The van der Waals surface area contributed by atoms with Gasteiger partial charge in [0.2, 0.25) is 0 Å². The summed E-state index contributed by atoms with van der Waals surface area (Å²) in [5, 5.41) is 15.6. The first-order valence-corrected chi connectivity index (χ1v) is 7.07. The molecule has 1 aromatic heterocycles. The second-order valence-corrected chi connectivity index (χ2v) is 5.53. The number of carboxylic acids is 1. The van der Waals surface area contributed by atoms with Gasteiger partial charge in [-0.1, -0.05) is 22.7 Å². The molecule has 0 saturated carbocycles. The molecule has 1 amide bonds. The van der Waals surface area contributed by atoms with Crippen LogP contribution in [0.1, 0.15) is 38.1 Å². The summed E-state index contributed by atoms with van der Waals surface area (Å²) in [5.41, 5.74) is 3.07. The van der Waals surface area contributed by atoms with Gasteiger partial charge in [0.25, 0.3) is 5.91 Å². The zero-order valence-electron chi connectivity index (χ0n) is 11.9. The molecule has 0 aliphatic heterocycles. The van der Waals surface area contributed by atoms with Crippen LogP contribution in [0.4, 0.5) is 0 Å². The number of aliphatic carboxylic acids is 1.